The van der Waals surface area contributed by atoms with Crippen LogP contribution >= 0.6 is 23.1 Å². The van der Waals surface area contributed by atoms with Crippen molar-refractivity contribution in [2.24, 2.45) is 0 Å². The first-order valence-corrected chi connectivity index (χ1v) is 11.2. The van der Waals surface area contributed by atoms with E-state index in [1.165, 1.54) is 11.8 Å². The molecule has 5 rings (SSSR count). The van der Waals surface area contributed by atoms with E-state index < -0.39 is 0 Å². The van der Waals surface area contributed by atoms with Gasteiger partial charge < -0.3 is 4.52 Å². The maximum absolute atomic E-state index is 13.2. The lowest BCUT2D eigenvalue weighted by Crippen LogP contribution is -2.26. The summed E-state index contributed by atoms with van der Waals surface area (Å²) >= 11 is 3.09. The van der Waals surface area contributed by atoms with E-state index >= 15 is 0 Å². The van der Waals surface area contributed by atoms with E-state index in [0.29, 0.717) is 22.9 Å². The van der Waals surface area contributed by atoms with Crippen molar-refractivity contribution in [2.45, 2.75) is 42.6 Å². The minimum absolute atomic E-state index is 0.0482. The molecule has 0 amide bonds. The van der Waals surface area contributed by atoms with E-state index in [2.05, 4.69) is 10.1 Å². The number of hydrogen-bond donors (Lipinski definition) is 0. The van der Waals surface area contributed by atoms with E-state index in [4.69, 9.17) is 9.51 Å². The van der Waals surface area contributed by atoms with Crippen LogP contribution in [0.25, 0.3) is 22.4 Å². The third-order valence-electron chi connectivity index (χ3n) is 5.03. The summed E-state index contributed by atoms with van der Waals surface area (Å²) in [5.41, 5.74) is 1.71. The zero-order valence-electron chi connectivity index (χ0n) is 15.1. The van der Waals surface area contributed by atoms with Crippen LogP contribution in [-0.4, -0.2) is 19.7 Å². The first-order valence-electron chi connectivity index (χ1n) is 9.29. The standard InChI is InChI=1S/C20H18N4O2S2/c25-19-15-7-3-4-8-16(15)21-20(24(19)14-5-1-2-6-14)28-12-17-22-18(26-23-17)13-9-10-27-11-13/h3-4,7-11,14H,1-2,5-6,12H2. The van der Waals surface area contributed by atoms with Crippen LogP contribution in [0.4, 0.5) is 0 Å². The highest BCUT2D eigenvalue weighted by atomic mass is 32.2. The molecule has 6 nitrogen and oxygen atoms in total. The van der Waals surface area contributed by atoms with Crippen LogP contribution in [0.5, 0.6) is 0 Å². The lowest BCUT2D eigenvalue weighted by Gasteiger charge is -2.18. The van der Waals surface area contributed by atoms with E-state index in [9.17, 15) is 4.79 Å². The molecular formula is C20H18N4O2S2. The average Bonchev–Trinajstić information content (AvgIpc) is 3.48. The summed E-state index contributed by atoms with van der Waals surface area (Å²) in [4.78, 5) is 22.4. The van der Waals surface area contributed by atoms with Gasteiger partial charge in [0.15, 0.2) is 11.0 Å². The summed E-state index contributed by atoms with van der Waals surface area (Å²) in [5.74, 6) is 1.63. The lowest BCUT2D eigenvalue weighted by atomic mass is 10.2. The second kappa shape index (κ2) is 7.52. The van der Waals surface area contributed by atoms with Crippen LogP contribution < -0.4 is 5.56 Å². The zero-order valence-corrected chi connectivity index (χ0v) is 16.7. The molecule has 0 saturated heterocycles. The molecule has 0 unspecified atom stereocenters. The molecule has 1 fully saturated rings. The topological polar surface area (TPSA) is 73.8 Å². The van der Waals surface area contributed by atoms with E-state index in [1.807, 2.05) is 45.7 Å². The normalized spacial score (nSPS) is 14.9. The maximum Gasteiger partial charge on any atom is 0.262 e. The fourth-order valence-corrected chi connectivity index (χ4v) is 5.20. The number of thiophene rings is 1. The van der Waals surface area contributed by atoms with Gasteiger partial charge >= 0.3 is 0 Å². The number of para-hydroxylation sites is 1. The Morgan fingerprint density at radius 1 is 1.18 bits per heavy atom. The molecule has 142 valence electrons. The molecule has 0 aliphatic heterocycles. The number of aromatic nitrogens is 4. The van der Waals surface area contributed by atoms with Gasteiger partial charge in [0, 0.05) is 11.4 Å². The third kappa shape index (κ3) is 3.27. The molecule has 1 aliphatic carbocycles. The molecule has 0 radical (unpaired) electrons. The van der Waals surface area contributed by atoms with Crippen LogP contribution in [0.15, 0.2) is 55.6 Å². The Kier molecular flexibility index (Phi) is 4.74. The van der Waals surface area contributed by atoms with Gasteiger partial charge in [0.25, 0.3) is 11.4 Å². The van der Waals surface area contributed by atoms with Gasteiger partial charge in [-0.15, -0.1) is 0 Å². The summed E-state index contributed by atoms with van der Waals surface area (Å²) in [5, 5.41) is 9.45. The Balaban J connectivity index is 1.48. The molecule has 0 spiro atoms. The first-order chi connectivity index (χ1) is 13.8. The Bertz CT molecular complexity index is 1160. The van der Waals surface area contributed by atoms with Crippen LogP contribution in [0, 0.1) is 0 Å². The molecule has 8 heteroatoms. The molecule has 0 N–H and O–H groups in total. The summed E-state index contributed by atoms with van der Waals surface area (Å²) in [7, 11) is 0. The number of rotatable bonds is 5. The maximum atomic E-state index is 13.2. The number of fused-ring (bicyclic) bond motifs is 1. The largest absolute Gasteiger partial charge is 0.334 e. The molecule has 4 aromatic rings. The van der Waals surface area contributed by atoms with Gasteiger partial charge in [-0.1, -0.05) is 41.9 Å². The van der Waals surface area contributed by atoms with E-state index in [0.717, 1.165) is 41.9 Å². The number of thioether (sulfide) groups is 1. The van der Waals surface area contributed by atoms with Crippen molar-refractivity contribution in [3.8, 4) is 11.5 Å². The summed E-state index contributed by atoms with van der Waals surface area (Å²) in [6.45, 7) is 0. The summed E-state index contributed by atoms with van der Waals surface area (Å²) in [6, 6.07) is 9.73. The van der Waals surface area contributed by atoms with Crippen LogP contribution in [-0.2, 0) is 5.75 Å². The van der Waals surface area contributed by atoms with Crippen LogP contribution in [0.1, 0.15) is 37.5 Å². The van der Waals surface area contributed by atoms with Crippen molar-refractivity contribution < 1.29 is 4.52 Å². The highest BCUT2D eigenvalue weighted by Crippen LogP contribution is 2.33. The molecule has 3 heterocycles. The van der Waals surface area contributed by atoms with E-state index in [1.54, 1.807) is 11.3 Å². The molecule has 28 heavy (non-hydrogen) atoms. The minimum Gasteiger partial charge on any atom is -0.334 e. The fraction of sp³-hybridized carbons (Fsp3) is 0.300. The van der Waals surface area contributed by atoms with Crippen molar-refractivity contribution in [1.82, 2.24) is 19.7 Å². The van der Waals surface area contributed by atoms with Gasteiger partial charge in [0.2, 0.25) is 0 Å². The van der Waals surface area contributed by atoms with Crippen molar-refractivity contribution in [3.05, 3.63) is 57.3 Å². The van der Waals surface area contributed by atoms with Gasteiger partial charge in [0.1, 0.15) is 0 Å². The number of nitrogens with zero attached hydrogens (tertiary/aromatic N) is 4. The van der Waals surface area contributed by atoms with Crippen molar-refractivity contribution in [2.75, 3.05) is 0 Å². The van der Waals surface area contributed by atoms with Crippen molar-refractivity contribution in [1.29, 1.82) is 0 Å². The van der Waals surface area contributed by atoms with Gasteiger partial charge in [-0.3, -0.25) is 9.36 Å². The lowest BCUT2D eigenvalue weighted by molar-refractivity contribution is 0.425. The van der Waals surface area contributed by atoms with E-state index in [-0.39, 0.29) is 11.6 Å². The molecule has 1 saturated carbocycles. The molecular weight excluding hydrogens is 392 g/mol. The van der Waals surface area contributed by atoms with Crippen molar-refractivity contribution >= 4 is 34.0 Å². The Hall–Kier alpha value is -2.45. The molecule has 1 aromatic carbocycles. The Morgan fingerprint density at radius 3 is 2.86 bits per heavy atom. The smallest absolute Gasteiger partial charge is 0.262 e. The van der Waals surface area contributed by atoms with Gasteiger partial charge in [-0.25, -0.2) is 4.98 Å². The Labute approximate surface area is 169 Å². The van der Waals surface area contributed by atoms with Crippen LogP contribution in [0.3, 0.4) is 0 Å². The SMILES string of the molecule is O=c1c2ccccc2nc(SCc2noc(-c3ccsc3)n2)n1C1CCCC1. The fourth-order valence-electron chi connectivity index (χ4n) is 3.66. The molecule has 3 aromatic heterocycles. The zero-order chi connectivity index (χ0) is 18.9. The van der Waals surface area contributed by atoms with Crippen molar-refractivity contribution in [3.63, 3.8) is 0 Å². The molecule has 0 atom stereocenters. The quantitative estimate of drug-likeness (QED) is 0.344. The summed E-state index contributed by atoms with van der Waals surface area (Å²) in [6.07, 6.45) is 4.36. The summed E-state index contributed by atoms with van der Waals surface area (Å²) < 4.78 is 7.25. The van der Waals surface area contributed by atoms with Gasteiger partial charge in [-0.2, -0.15) is 16.3 Å². The minimum atomic E-state index is 0.0482. The second-order valence-corrected chi connectivity index (χ2v) is 8.56. The second-order valence-electron chi connectivity index (χ2n) is 6.84. The highest BCUT2D eigenvalue weighted by Gasteiger charge is 2.23. The predicted octanol–water partition coefficient (Wildman–Crippen LogP) is 4.92. The number of hydrogen-bond acceptors (Lipinski definition) is 7. The Morgan fingerprint density at radius 2 is 2.04 bits per heavy atom. The molecule has 1 aliphatic rings. The monoisotopic (exact) mass is 410 g/mol. The highest BCUT2D eigenvalue weighted by molar-refractivity contribution is 7.98. The van der Waals surface area contributed by atoms with Gasteiger partial charge in [0.05, 0.1) is 22.2 Å². The molecule has 0 bridgehead atoms. The predicted molar refractivity (Wildman–Crippen MR) is 111 cm³/mol. The average molecular weight is 411 g/mol. The van der Waals surface area contributed by atoms with Crippen LogP contribution in [0.2, 0.25) is 0 Å². The number of benzene rings is 1. The van der Waals surface area contributed by atoms with Gasteiger partial charge in [-0.05, 0) is 36.4 Å². The first kappa shape index (κ1) is 17.6. The third-order valence-corrected chi connectivity index (χ3v) is 6.66.